The van der Waals surface area contributed by atoms with Crippen molar-refractivity contribution in [2.24, 2.45) is 5.92 Å². The number of nitrogens with one attached hydrogen (secondary N) is 1. The van der Waals surface area contributed by atoms with Gasteiger partial charge >= 0.3 is 0 Å². The number of benzene rings is 1. The van der Waals surface area contributed by atoms with Gasteiger partial charge in [-0.05, 0) is 56.5 Å². The highest BCUT2D eigenvalue weighted by Gasteiger charge is 2.31. The molecule has 2 atom stereocenters. The van der Waals surface area contributed by atoms with Crippen molar-refractivity contribution in [3.8, 4) is 11.5 Å². The van der Waals surface area contributed by atoms with Gasteiger partial charge in [0, 0.05) is 37.3 Å². The minimum Gasteiger partial charge on any atom is -0.486 e. The summed E-state index contributed by atoms with van der Waals surface area (Å²) in [6.45, 7) is 5.96. The van der Waals surface area contributed by atoms with Crippen LogP contribution in [0.2, 0.25) is 0 Å². The summed E-state index contributed by atoms with van der Waals surface area (Å²) in [5, 5.41) is 6.39. The predicted octanol–water partition coefficient (Wildman–Crippen LogP) is 2.56. The molecule has 2 saturated heterocycles. The van der Waals surface area contributed by atoms with E-state index in [-0.39, 0.29) is 17.9 Å². The molecule has 2 fully saturated rings. The first kappa shape index (κ1) is 20.6. The SMILES string of the molecule is O=C(NC(Cc1ccc2c(c1)OCCO2)CN1CCCC1)C1CCN(c2nccs2)C1. The van der Waals surface area contributed by atoms with E-state index in [0.717, 1.165) is 62.2 Å². The van der Waals surface area contributed by atoms with Crippen LogP contribution in [0, 0.1) is 5.92 Å². The monoisotopic (exact) mass is 442 g/mol. The molecule has 0 bridgehead atoms. The van der Waals surface area contributed by atoms with Gasteiger partial charge in [-0.15, -0.1) is 11.3 Å². The van der Waals surface area contributed by atoms with Crippen molar-refractivity contribution < 1.29 is 14.3 Å². The van der Waals surface area contributed by atoms with E-state index in [1.54, 1.807) is 11.3 Å². The molecular weight excluding hydrogens is 412 g/mol. The van der Waals surface area contributed by atoms with Crippen LogP contribution in [0.4, 0.5) is 5.13 Å². The van der Waals surface area contributed by atoms with Crippen LogP contribution in [0.1, 0.15) is 24.8 Å². The minimum absolute atomic E-state index is 0.0187. The minimum atomic E-state index is 0.0187. The van der Waals surface area contributed by atoms with Crippen molar-refractivity contribution >= 4 is 22.4 Å². The average Bonchev–Trinajstić information content (AvgIpc) is 3.55. The number of aromatic nitrogens is 1. The standard InChI is InChI=1S/C23H30N4O3S/c28-22(18-5-9-27(15-18)23-24-6-12-31-23)25-19(16-26-7-1-2-8-26)13-17-3-4-20-21(14-17)30-11-10-29-20/h3-4,6,12,14,18-19H,1-2,5,7-11,13,15-16H2,(H,25,28). The van der Waals surface area contributed by atoms with Gasteiger partial charge < -0.3 is 24.6 Å². The lowest BCUT2D eigenvalue weighted by atomic mass is 10.0. The van der Waals surface area contributed by atoms with Crippen LogP contribution in [0.5, 0.6) is 11.5 Å². The molecule has 3 aliphatic heterocycles. The molecule has 1 aromatic carbocycles. The third-order valence-corrected chi connectivity index (χ3v) is 7.19. The van der Waals surface area contributed by atoms with E-state index in [1.807, 2.05) is 17.6 Å². The van der Waals surface area contributed by atoms with Crippen molar-refractivity contribution in [3.05, 3.63) is 35.3 Å². The topological polar surface area (TPSA) is 66.9 Å². The van der Waals surface area contributed by atoms with Gasteiger partial charge in [-0.2, -0.15) is 0 Å². The number of rotatable bonds is 7. The second-order valence-electron chi connectivity index (χ2n) is 8.64. The fraction of sp³-hybridized carbons (Fsp3) is 0.565. The van der Waals surface area contributed by atoms with Crippen molar-refractivity contribution in [1.29, 1.82) is 0 Å². The summed E-state index contributed by atoms with van der Waals surface area (Å²) < 4.78 is 11.4. The van der Waals surface area contributed by atoms with Crippen LogP contribution in [-0.4, -0.2) is 67.8 Å². The Morgan fingerprint density at radius 1 is 1.19 bits per heavy atom. The summed E-state index contributed by atoms with van der Waals surface area (Å²) in [6.07, 6.45) is 5.99. The summed E-state index contributed by atoms with van der Waals surface area (Å²) in [7, 11) is 0. The Kier molecular flexibility index (Phi) is 6.27. The quantitative estimate of drug-likeness (QED) is 0.711. The largest absolute Gasteiger partial charge is 0.486 e. The van der Waals surface area contributed by atoms with Crippen LogP contribution in [0.3, 0.4) is 0 Å². The molecule has 166 valence electrons. The van der Waals surface area contributed by atoms with E-state index in [9.17, 15) is 4.79 Å². The molecule has 1 N–H and O–H groups in total. The van der Waals surface area contributed by atoms with Crippen molar-refractivity contribution in [2.45, 2.75) is 31.7 Å². The molecule has 1 aromatic heterocycles. The second-order valence-corrected chi connectivity index (χ2v) is 9.51. The first-order valence-corrected chi connectivity index (χ1v) is 12.2. The third-order valence-electron chi connectivity index (χ3n) is 6.36. The molecule has 0 saturated carbocycles. The highest BCUT2D eigenvalue weighted by Crippen LogP contribution is 2.31. The third kappa shape index (κ3) is 4.96. The van der Waals surface area contributed by atoms with Crippen molar-refractivity contribution in [1.82, 2.24) is 15.2 Å². The highest BCUT2D eigenvalue weighted by atomic mass is 32.1. The number of anilines is 1. The van der Waals surface area contributed by atoms with Crippen molar-refractivity contribution in [3.63, 3.8) is 0 Å². The Hall–Kier alpha value is -2.32. The first-order chi connectivity index (χ1) is 15.2. The molecule has 0 spiro atoms. The predicted molar refractivity (Wildman–Crippen MR) is 121 cm³/mol. The Bertz CT molecular complexity index is 885. The summed E-state index contributed by atoms with van der Waals surface area (Å²) in [6, 6.07) is 6.23. The zero-order valence-electron chi connectivity index (χ0n) is 17.8. The number of fused-ring (bicyclic) bond motifs is 1. The zero-order chi connectivity index (χ0) is 21.0. The molecule has 1 amide bonds. The second kappa shape index (κ2) is 9.44. The Balaban J connectivity index is 1.24. The lowest BCUT2D eigenvalue weighted by Crippen LogP contribution is -2.46. The zero-order valence-corrected chi connectivity index (χ0v) is 18.6. The summed E-state index contributed by atoms with van der Waals surface area (Å²) in [5.41, 5.74) is 1.17. The number of hydrogen-bond acceptors (Lipinski definition) is 7. The molecule has 2 aromatic rings. The maximum atomic E-state index is 13.1. The van der Waals surface area contributed by atoms with Crippen LogP contribution in [-0.2, 0) is 11.2 Å². The molecule has 4 heterocycles. The van der Waals surface area contributed by atoms with Crippen LogP contribution in [0.15, 0.2) is 29.8 Å². The number of hydrogen-bond donors (Lipinski definition) is 1. The number of carbonyl (C=O) groups is 1. The lowest BCUT2D eigenvalue weighted by Gasteiger charge is -2.26. The first-order valence-electron chi connectivity index (χ1n) is 11.3. The highest BCUT2D eigenvalue weighted by molar-refractivity contribution is 7.13. The number of likely N-dealkylation sites (tertiary alicyclic amines) is 1. The normalized spacial score (nSPS) is 21.9. The van der Waals surface area contributed by atoms with E-state index >= 15 is 0 Å². The van der Waals surface area contributed by atoms with Gasteiger partial charge in [-0.25, -0.2) is 4.98 Å². The van der Waals surface area contributed by atoms with E-state index < -0.39 is 0 Å². The fourth-order valence-corrected chi connectivity index (χ4v) is 5.46. The number of amides is 1. The van der Waals surface area contributed by atoms with Crippen LogP contribution >= 0.6 is 11.3 Å². The fourth-order valence-electron chi connectivity index (χ4n) is 4.78. The molecule has 0 radical (unpaired) electrons. The maximum absolute atomic E-state index is 13.1. The van der Waals surface area contributed by atoms with Gasteiger partial charge in [0.1, 0.15) is 13.2 Å². The number of ether oxygens (including phenoxy) is 2. The average molecular weight is 443 g/mol. The van der Waals surface area contributed by atoms with Crippen LogP contribution < -0.4 is 19.7 Å². The van der Waals surface area contributed by atoms with Gasteiger partial charge in [-0.3, -0.25) is 4.79 Å². The van der Waals surface area contributed by atoms with Crippen molar-refractivity contribution in [2.75, 3.05) is 50.8 Å². The van der Waals surface area contributed by atoms with Gasteiger partial charge in [0.05, 0.1) is 5.92 Å². The Morgan fingerprint density at radius 2 is 2.03 bits per heavy atom. The molecule has 0 aliphatic carbocycles. The molecule has 3 aliphatic rings. The van der Waals surface area contributed by atoms with Gasteiger partial charge in [-0.1, -0.05) is 6.07 Å². The smallest absolute Gasteiger partial charge is 0.225 e. The number of thiazole rings is 1. The van der Waals surface area contributed by atoms with Crippen LogP contribution in [0.25, 0.3) is 0 Å². The molecule has 8 heteroatoms. The molecule has 5 rings (SSSR count). The number of carbonyl (C=O) groups excluding carboxylic acids is 1. The van der Waals surface area contributed by atoms with Gasteiger partial charge in [0.2, 0.25) is 5.91 Å². The molecule has 7 nitrogen and oxygen atoms in total. The summed E-state index contributed by atoms with van der Waals surface area (Å²) in [5.74, 6) is 1.80. The molecule has 2 unspecified atom stereocenters. The molecule has 31 heavy (non-hydrogen) atoms. The Morgan fingerprint density at radius 3 is 2.84 bits per heavy atom. The van der Waals surface area contributed by atoms with E-state index in [2.05, 4.69) is 32.2 Å². The van der Waals surface area contributed by atoms with E-state index in [1.165, 1.54) is 18.4 Å². The summed E-state index contributed by atoms with van der Waals surface area (Å²) >= 11 is 1.64. The lowest BCUT2D eigenvalue weighted by molar-refractivity contribution is -0.125. The summed E-state index contributed by atoms with van der Waals surface area (Å²) in [4.78, 5) is 22.2. The van der Waals surface area contributed by atoms with Gasteiger partial charge in [0.25, 0.3) is 0 Å². The molecular formula is C23H30N4O3S. The van der Waals surface area contributed by atoms with E-state index in [4.69, 9.17) is 9.47 Å². The van der Waals surface area contributed by atoms with Gasteiger partial charge in [0.15, 0.2) is 16.6 Å². The Labute approximate surface area is 187 Å². The van der Waals surface area contributed by atoms with E-state index in [0.29, 0.717) is 13.2 Å². The number of nitrogens with zero attached hydrogens (tertiary/aromatic N) is 3. The maximum Gasteiger partial charge on any atom is 0.225 e.